The Bertz CT molecular complexity index is 959. The van der Waals surface area contributed by atoms with Crippen LogP contribution in [-0.2, 0) is 23.9 Å². The van der Waals surface area contributed by atoms with Gasteiger partial charge < -0.3 is 23.7 Å². The van der Waals surface area contributed by atoms with E-state index in [2.05, 4.69) is 11.3 Å². The van der Waals surface area contributed by atoms with Crippen molar-refractivity contribution in [1.82, 2.24) is 0 Å². The number of hydrogen-bond acceptors (Lipinski definition) is 9. The lowest BCUT2D eigenvalue weighted by Gasteiger charge is -2.09. The lowest BCUT2D eigenvalue weighted by Crippen LogP contribution is -2.17. The molecule has 9 heteroatoms. The van der Waals surface area contributed by atoms with Crippen molar-refractivity contribution in [3.05, 3.63) is 66.2 Å². The third-order valence-corrected chi connectivity index (χ3v) is 3.59. The first-order valence-electron chi connectivity index (χ1n) is 8.94. The summed E-state index contributed by atoms with van der Waals surface area (Å²) in [7, 11) is 0. The number of benzene rings is 2. The van der Waals surface area contributed by atoms with E-state index in [0.717, 1.165) is 6.92 Å². The van der Waals surface area contributed by atoms with Gasteiger partial charge in [0.1, 0.15) is 17.2 Å². The van der Waals surface area contributed by atoms with Gasteiger partial charge in [-0.05, 0) is 55.5 Å². The molecule has 0 amide bonds. The second kappa shape index (κ2) is 11.1. The monoisotopic (exact) mass is 428 g/mol. The quantitative estimate of drug-likeness (QED) is 0.185. The predicted molar refractivity (Wildman–Crippen MR) is 107 cm³/mol. The van der Waals surface area contributed by atoms with Crippen molar-refractivity contribution in [2.75, 3.05) is 13.6 Å². The largest absolute Gasteiger partial charge is 0.457 e. The van der Waals surface area contributed by atoms with E-state index in [1.54, 1.807) is 12.1 Å². The van der Waals surface area contributed by atoms with Crippen LogP contribution in [0.3, 0.4) is 0 Å². The molecule has 0 spiro atoms. The van der Waals surface area contributed by atoms with Gasteiger partial charge in [-0.15, -0.1) is 0 Å². The molecule has 0 fully saturated rings. The molecule has 0 radical (unpaired) electrons. The summed E-state index contributed by atoms with van der Waals surface area (Å²) in [6, 6.07) is 12.1. The highest BCUT2D eigenvalue weighted by molar-refractivity contribution is 6.32. The van der Waals surface area contributed by atoms with E-state index in [1.807, 2.05) is 0 Å². The van der Waals surface area contributed by atoms with Crippen LogP contribution < -0.4 is 14.2 Å². The maximum atomic E-state index is 12.2. The van der Waals surface area contributed by atoms with Gasteiger partial charge >= 0.3 is 17.9 Å². The fourth-order valence-electron chi connectivity index (χ4n) is 1.98. The molecule has 0 saturated heterocycles. The summed E-state index contributed by atoms with van der Waals surface area (Å²) in [5.41, 5.74) is 0.530. The first-order valence-corrected chi connectivity index (χ1v) is 8.94. The molecule has 2 aromatic carbocycles. The fourth-order valence-corrected chi connectivity index (χ4v) is 1.98. The summed E-state index contributed by atoms with van der Waals surface area (Å²) < 4.78 is 25.1. The number of esters is 3. The number of hydrogen-bond donors (Lipinski definition) is 0. The summed E-state index contributed by atoms with van der Waals surface area (Å²) in [5.74, 6) is -1.84. The normalized spacial score (nSPS) is 9.87. The van der Waals surface area contributed by atoms with E-state index in [9.17, 15) is 19.2 Å². The molecule has 0 saturated carbocycles. The average molecular weight is 428 g/mol. The summed E-state index contributed by atoms with van der Waals surface area (Å²) in [4.78, 5) is 45.3. The van der Waals surface area contributed by atoms with E-state index in [1.165, 1.54) is 43.3 Å². The number of carbonyl (C=O) groups is 4. The molecule has 162 valence electrons. The number of ether oxygens (including phenoxy) is 5. The summed E-state index contributed by atoms with van der Waals surface area (Å²) in [5, 5.41) is 0. The minimum atomic E-state index is -0.996. The van der Waals surface area contributed by atoms with Gasteiger partial charge in [0.15, 0.2) is 0 Å². The van der Waals surface area contributed by atoms with Gasteiger partial charge in [0.2, 0.25) is 19.4 Å². The summed E-state index contributed by atoms with van der Waals surface area (Å²) in [6.45, 7) is 5.38. The molecule has 0 heterocycles. The molecule has 0 atom stereocenters. The van der Waals surface area contributed by atoms with Crippen LogP contribution in [0.15, 0.2) is 60.7 Å². The highest BCUT2D eigenvalue weighted by Crippen LogP contribution is 2.20. The molecule has 0 bridgehead atoms. The Morgan fingerprint density at radius 1 is 0.710 bits per heavy atom. The van der Waals surface area contributed by atoms with E-state index in [-0.39, 0.29) is 23.7 Å². The van der Waals surface area contributed by atoms with Crippen molar-refractivity contribution in [3.8, 4) is 17.2 Å². The predicted octanol–water partition coefficient (Wildman–Crippen LogP) is 2.83. The Morgan fingerprint density at radius 3 is 1.65 bits per heavy atom. The Hall–Kier alpha value is -4.14. The molecule has 0 N–H and O–H groups in total. The van der Waals surface area contributed by atoms with E-state index in [4.69, 9.17) is 18.9 Å². The van der Waals surface area contributed by atoms with Crippen LogP contribution in [0, 0.1) is 0 Å². The third-order valence-electron chi connectivity index (χ3n) is 3.59. The first kappa shape index (κ1) is 23.1. The Kier molecular flexibility index (Phi) is 8.32. The lowest BCUT2D eigenvalue weighted by atomic mass is 10.2. The standard InChI is InChI=1S/C22H20O9/c1-14(2)20(24)29-12-27-18-8-10-19(11-9-18)31-22(26)16-4-6-17(7-5-16)28-13-30-21(25)15(3)23/h4-11H,1,12-13H2,2-3H3. The Labute approximate surface area is 178 Å². The zero-order chi connectivity index (χ0) is 22.8. The van der Waals surface area contributed by atoms with Gasteiger partial charge in [-0.3, -0.25) is 4.79 Å². The zero-order valence-corrected chi connectivity index (χ0v) is 16.9. The first-order chi connectivity index (χ1) is 14.8. The van der Waals surface area contributed by atoms with Gasteiger partial charge in [0, 0.05) is 12.5 Å². The van der Waals surface area contributed by atoms with Gasteiger partial charge in [0.25, 0.3) is 0 Å². The van der Waals surface area contributed by atoms with Gasteiger partial charge in [-0.2, -0.15) is 0 Å². The van der Waals surface area contributed by atoms with Crippen LogP contribution in [0.2, 0.25) is 0 Å². The SMILES string of the molecule is C=C(C)C(=O)OCOc1ccc(OC(=O)c2ccc(OCOC(=O)C(C)=O)cc2)cc1. The Morgan fingerprint density at radius 2 is 1.16 bits per heavy atom. The zero-order valence-electron chi connectivity index (χ0n) is 16.9. The van der Waals surface area contributed by atoms with Crippen LogP contribution in [-0.4, -0.2) is 37.3 Å². The van der Waals surface area contributed by atoms with Crippen molar-refractivity contribution in [3.63, 3.8) is 0 Å². The topological polar surface area (TPSA) is 114 Å². The summed E-state index contributed by atoms with van der Waals surface area (Å²) in [6.07, 6.45) is 0. The number of ketones is 1. The van der Waals surface area contributed by atoms with Crippen LogP contribution in [0.4, 0.5) is 0 Å². The molecule has 0 aliphatic carbocycles. The maximum Gasteiger partial charge on any atom is 0.377 e. The van der Waals surface area contributed by atoms with Crippen LogP contribution in [0.5, 0.6) is 17.2 Å². The van der Waals surface area contributed by atoms with E-state index in [0.29, 0.717) is 11.5 Å². The average Bonchev–Trinajstić information content (AvgIpc) is 2.75. The third kappa shape index (κ3) is 7.65. The molecule has 0 aliphatic heterocycles. The van der Waals surface area contributed by atoms with Crippen molar-refractivity contribution < 1.29 is 42.9 Å². The second-order valence-electron chi connectivity index (χ2n) is 6.11. The smallest absolute Gasteiger partial charge is 0.377 e. The van der Waals surface area contributed by atoms with Crippen LogP contribution in [0.1, 0.15) is 24.2 Å². The minimum absolute atomic E-state index is 0.264. The molecule has 0 unspecified atom stereocenters. The molecule has 0 aromatic heterocycles. The van der Waals surface area contributed by atoms with Gasteiger partial charge in [-0.1, -0.05) is 6.58 Å². The highest BCUT2D eigenvalue weighted by atomic mass is 16.7. The van der Waals surface area contributed by atoms with E-state index < -0.39 is 30.5 Å². The molecule has 9 nitrogen and oxygen atoms in total. The van der Waals surface area contributed by atoms with Crippen molar-refractivity contribution in [2.24, 2.45) is 0 Å². The molecular formula is C22H20O9. The molecule has 0 aliphatic rings. The molecule has 2 aromatic rings. The maximum absolute atomic E-state index is 12.2. The lowest BCUT2D eigenvalue weighted by molar-refractivity contribution is -0.157. The minimum Gasteiger partial charge on any atom is -0.457 e. The number of rotatable bonds is 10. The number of Topliss-reactive ketones (excluding diaryl/α,β-unsaturated/α-hetero) is 1. The van der Waals surface area contributed by atoms with Crippen LogP contribution in [0.25, 0.3) is 0 Å². The number of carbonyl (C=O) groups excluding carboxylic acids is 4. The van der Waals surface area contributed by atoms with Crippen molar-refractivity contribution in [2.45, 2.75) is 13.8 Å². The van der Waals surface area contributed by atoms with Gasteiger partial charge in [-0.25, -0.2) is 14.4 Å². The van der Waals surface area contributed by atoms with Crippen molar-refractivity contribution >= 4 is 23.7 Å². The molecular weight excluding hydrogens is 408 g/mol. The molecule has 2 rings (SSSR count). The molecule has 31 heavy (non-hydrogen) atoms. The van der Waals surface area contributed by atoms with Gasteiger partial charge in [0.05, 0.1) is 5.56 Å². The van der Waals surface area contributed by atoms with Crippen molar-refractivity contribution in [1.29, 1.82) is 0 Å². The van der Waals surface area contributed by atoms with E-state index >= 15 is 0 Å². The second-order valence-corrected chi connectivity index (χ2v) is 6.11. The summed E-state index contributed by atoms with van der Waals surface area (Å²) >= 11 is 0. The highest BCUT2D eigenvalue weighted by Gasteiger charge is 2.11. The Balaban J connectivity index is 1.81. The van der Waals surface area contributed by atoms with Crippen LogP contribution >= 0.6 is 0 Å². The fraction of sp³-hybridized carbons (Fsp3) is 0.182.